The monoisotopic (exact) mass is 208 g/mol. The van der Waals surface area contributed by atoms with E-state index in [2.05, 4.69) is 11.2 Å². The summed E-state index contributed by atoms with van der Waals surface area (Å²) in [5.41, 5.74) is 1.15. The van der Waals surface area contributed by atoms with E-state index in [1.165, 1.54) is 0 Å². The molecule has 0 fully saturated rings. The summed E-state index contributed by atoms with van der Waals surface area (Å²) in [6.45, 7) is 2.31. The largest absolute Gasteiger partial charge is 0.372 e. The molecule has 0 amide bonds. The molecular formula is C11H12O2S. The molecule has 0 saturated carbocycles. The maximum Gasteiger partial charge on any atom is 0.130 e. The van der Waals surface area contributed by atoms with Crippen molar-refractivity contribution < 1.29 is 8.95 Å². The van der Waals surface area contributed by atoms with Gasteiger partial charge in [-0.15, -0.1) is 0 Å². The van der Waals surface area contributed by atoms with Crippen LogP contribution in [0.25, 0.3) is 0 Å². The number of benzene rings is 1. The highest BCUT2D eigenvalue weighted by Crippen LogP contribution is 2.07. The zero-order valence-corrected chi connectivity index (χ0v) is 9.06. The molecule has 0 bridgehead atoms. The summed E-state index contributed by atoms with van der Waals surface area (Å²) in [7, 11) is 0.325. The van der Waals surface area contributed by atoms with Gasteiger partial charge in [0.25, 0.3) is 0 Å². The average Bonchev–Trinajstić information content (AvgIpc) is 2.19. The standard InChI is InChI=1S/C11H12O2S/c1-10-4-6-11(7-5-10)14(12)9-3-8-13-2/h4-7H,8H2,1-2H3. The highest BCUT2D eigenvalue weighted by molar-refractivity contribution is 7.89. The van der Waals surface area contributed by atoms with E-state index in [9.17, 15) is 4.21 Å². The van der Waals surface area contributed by atoms with Crippen molar-refractivity contribution in [2.24, 2.45) is 0 Å². The van der Waals surface area contributed by atoms with Crippen LogP contribution in [0.15, 0.2) is 29.2 Å². The van der Waals surface area contributed by atoms with Crippen LogP contribution < -0.4 is 0 Å². The van der Waals surface area contributed by atoms with Gasteiger partial charge in [-0.05, 0) is 19.1 Å². The third kappa shape index (κ3) is 3.33. The number of rotatable bonds is 2. The number of ether oxygens (including phenoxy) is 1. The first-order chi connectivity index (χ1) is 6.74. The van der Waals surface area contributed by atoms with Crippen molar-refractivity contribution in [3.8, 4) is 11.2 Å². The van der Waals surface area contributed by atoms with E-state index >= 15 is 0 Å². The van der Waals surface area contributed by atoms with E-state index in [0.717, 1.165) is 10.5 Å². The minimum absolute atomic E-state index is 0.317. The number of methoxy groups -OCH3 is 1. The molecule has 3 heteroatoms. The molecule has 14 heavy (non-hydrogen) atoms. The van der Waals surface area contributed by atoms with Crippen LogP contribution in [-0.2, 0) is 15.5 Å². The van der Waals surface area contributed by atoms with Crippen LogP contribution in [0, 0.1) is 18.1 Å². The smallest absolute Gasteiger partial charge is 0.130 e. The van der Waals surface area contributed by atoms with E-state index in [1.807, 2.05) is 31.2 Å². The molecule has 74 valence electrons. The molecule has 0 N–H and O–H groups in total. The van der Waals surface area contributed by atoms with Gasteiger partial charge in [0.15, 0.2) is 0 Å². The van der Waals surface area contributed by atoms with Crippen molar-refractivity contribution in [3.63, 3.8) is 0 Å². The Labute approximate surface area is 86.7 Å². The van der Waals surface area contributed by atoms with Crippen LogP contribution in [0.1, 0.15) is 5.56 Å². The fourth-order valence-corrected chi connectivity index (χ4v) is 1.58. The third-order valence-electron chi connectivity index (χ3n) is 1.62. The molecule has 1 aromatic carbocycles. The van der Waals surface area contributed by atoms with Gasteiger partial charge in [0.1, 0.15) is 17.4 Å². The summed E-state index contributed by atoms with van der Waals surface area (Å²) in [4.78, 5) is 0.735. The number of aryl methyl sites for hydroxylation is 1. The van der Waals surface area contributed by atoms with Gasteiger partial charge in [-0.1, -0.05) is 23.6 Å². The van der Waals surface area contributed by atoms with Gasteiger partial charge < -0.3 is 4.74 Å². The Morgan fingerprint density at radius 1 is 1.36 bits per heavy atom. The highest BCUT2D eigenvalue weighted by Gasteiger charge is 1.97. The van der Waals surface area contributed by atoms with Crippen LogP contribution >= 0.6 is 0 Å². The summed E-state index contributed by atoms with van der Waals surface area (Å²) in [6, 6.07) is 7.50. The number of hydrogen-bond donors (Lipinski definition) is 0. The molecule has 0 aromatic heterocycles. The molecule has 0 spiro atoms. The van der Waals surface area contributed by atoms with Gasteiger partial charge >= 0.3 is 0 Å². The van der Waals surface area contributed by atoms with Crippen molar-refractivity contribution in [2.45, 2.75) is 11.8 Å². The predicted octanol–water partition coefficient (Wildman–Crippen LogP) is 1.71. The highest BCUT2D eigenvalue weighted by atomic mass is 32.2. The Morgan fingerprint density at radius 3 is 2.57 bits per heavy atom. The summed E-state index contributed by atoms with van der Waals surface area (Å²) in [5.74, 6) is 2.68. The molecule has 0 aliphatic heterocycles. The normalized spacial score (nSPS) is 11.6. The van der Waals surface area contributed by atoms with E-state index in [1.54, 1.807) is 7.11 Å². The summed E-state index contributed by atoms with van der Waals surface area (Å²) in [6.07, 6.45) is 0. The lowest BCUT2D eigenvalue weighted by molar-refractivity contribution is 0.240. The second kappa shape index (κ2) is 5.58. The predicted molar refractivity (Wildman–Crippen MR) is 57.2 cm³/mol. The molecule has 2 nitrogen and oxygen atoms in total. The first-order valence-corrected chi connectivity index (χ1v) is 5.35. The molecule has 1 rings (SSSR count). The Hall–Kier alpha value is -1.11. The maximum absolute atomic E-state index is 11.5. The first kappa shape index (κ1) is 11.0. The van der Waals surface area contributed by atoms with Crippen molar-refractivity contribution in [3.05, 3.63) is 29.8 Å². The molecule has 1 unspecified atom stereocenters. The third-order valence-corrected chi connectivity index (χ3v) is 2.65. The lowest BCUT2D eigenvalue weighted by Crippen LogP contribution is -1.88. The quantitative estimate of drug-likeness (QED) is 0.692. The van der Waals surface area contributed by atoms with E-state index in [0.29, 0.717) is 6.61 Å². The van der Waals surface area contributed by atoms with Crippen molar-refractivity contribution >= 4 is 10.8 Å². The second-order valence-corrected chi connectivity index (χ2v) is 4.01. The summed E-state index contributed by atoms with van der Waals surface area (Å²) >= 11 is 0. The van der Waals surface area contributed by atoms with Crippen molar-refractivity contribution in [2.75, 3.05) is 13.7 Å². The first-order valence-electron chi connectivity index (χ1n) is 4.20. The van der Waals surface area contributed by atoms with Gasteiger partial charge in [0, 0.05) is 12.4 Å². The Kier molecular flexibility index (Phi) is 4.37. The molecule has 1 aromatic rings. The number of hydrogen-bond acceptors (Lipinski definition) is 2. The fraction of sp³-hybridized carbons (Fsp3) is 0.273. The van der Waals surface area contributed by atoms with Gasteiger partial charge in [0.2, 0.25) is 0 Å². The lowest BCUT2D eigenvalue weighted by Gasteiger charge is -1.94. The van der Waals surface area contributed by atoms with Gasteiger partial charge in [0.05, 0.1) is 4.90 Å². The maximum atomic E-state index is 11.5. The van der Waals surface area contributed by atoms with Gasteiger partial charge in [-0.3, -0.25) is 0 Å². The summed E-state index contributed by atoms with van der Waals surface area (Å²) in [5, 5.41) is 2.62. The molecule has 1 atom stereocenters. The van der Waals surface area contributed by atoms with Gasteiger partial charge in [-0.2, -0.15) is 0 Å². The molecule has 0 saturated heterocycles. The zero-order chi connectivity index (χ0) is 10.4. The van der Waals surface area contributed by atoms with E-state index < -0.39 is 10.8 Å². The zero-order valence-electron chi connectivity index (χ0n) is 8.24. The molecule has 0 heterocycles. The van der Waals surface area contributed by atoms with Crippen molar-refractivity contribution in [1.82, 2.24) is 0 Å². The van der Waals surface area contributed by atoms with Crippen LogP contribution in [-0.4, -0.2) is 17.9 Å². The van der Waals surface area contributed by atoms with Crippen LogP contribution in [0.3, 0.4) is 0 Å². The molecule has 0 radical (unpaired) electrons. The molecule has 0 aliphatic rings. The molecular weight excluding hydrogens is 196 g/mol. The summed E-state index contributed by atoms with van der Waals surface area (Å²) < 4.78 is 16.3. The minimum atomic E-state index is -1.23. The van der Waals surface area contributed by atoms with E-state index in [4.69, 9.17) is 4.74 Å². The van der Waals surface area contributed by atoms with Crippen molar-refractivity contribution in [1.29, 1.82) is 0 Å². The van der Waals surface area contributed by atoms with Crippen LogP contribution in [0.5, 0.6) is 0 Å². The minimum Gasteiger partial charge on any atom is -0.372 e. The lowest BCUT2D eigenvalue weighted by atomic mass is 10.2. The van der Waals surface area contributed by atoms with Crippen LogP contribution in [0.4, 0.5) is 0 Å². The van der Waals surface area contributed by atoms with E-state index in [-0.39, 0.29) is 0 Å². The SMILES string of the molecule is COCC#CS(=O)c1ccc(C)cc1. The van der Waals surface area contributed by atoms with Gasteiger partial charge in [-0.25, -0.2) is 4.21 Å². The Balaban J connectivity index is 2.72. The van der Waals surface area contributed by atoms with Crippen LogP contribution in [0.2, 0.25) is 0 Å². The molecule has 0 aliphatic carbocycles. The average molecular weight is 208 g/mol. The Morgan fingerprint density at radius 2 is 2.00 bits per heavy atom. The Bertz CT molecular complexity index is 371. The fourth-order valence-electron chi connectivity index (χ4n) is 0.888. The topological polar surface area (TPSA) is 26.3 Å². The second-order valence-electron chi connectivity index (χ2n) is 2.79.